The van der Waals surface area contributed by atoms with Crippen LogP contribution in [0.1, 0.15) is 27.2 Å². The lowest BCUT2D eigenvalue weighted by atomic mass is 10.0. The van der Waals surface area contributed by atoms with Gasteiger partial charge in [-0.3, -0.25) is 4.99 Å². The standard InChI is InChI=1S/C11H23N3O/c1-5-9(3)14-10(6-13-11(14)12)8(2)7-15-4/h8-10H,5-7H2,1-4H3,(H2,12,13). The van der Waals surface area contributed by atoms with Crippen LogP contribution in [0.5, 0.6) is 0 Å². The molecular weight excluding hydrogens is 190 g/mol. The summed E-state index contributed by atoms with van der Waals surface area (Å²) in [5, 5.41) is 0. The monoisotopic (exact) mass is 213 g/mol. The second-order valence-corrected chi connectivity index (χ2v) is 4.36. The van der Waals surface area contributed by atoms with Gasteiger partial charge in [-0.05, 0) is 13.3 Å². The number of methoxy groups -OCH3 is 1. The molecule has 0 aliphatic carbocycles. The average Bonchev–Trinajstić information content (AvgIpc) is 2.59. The summed E-state index contributed by atoms with van der Waals surface area (Å²) in [5.74, 6) is 1.16. The number of nitrogens with two attached hydrogens (primary N) is 1. The van der Waals surface area contributed by atoms with Crippen molar-refractivity contribution in [1.29, 1.82) is 0 Å². The molecule has 0 saturated heterocycles. The summed E-state index contributed by atoms with van der Waals surface area (Å²) >= 11 is 0. The largest absolute Gasteiger partial charge is 0.384 e. The van der Waals surface area contributed by atoms with E-state index in [9.17, 15) is 0 Å². The zero-order valence-corrected chi connectivity index (χ0v) is 10.2. The minimum Gasteiger partial charge on any atom is -0.384 e. The summed E-state index contributed by atoms with van der Waals surface area (Å²) in [6.07, 6.45) is 1.09. The Morgan fingerprint density at radius 3 is 2.80 bits per heavy atom. The molecule has 3 unspecified atom stereocenters. The first-order chi connectivity index (χ1) is 7.11. The molecule has 0 saturated carbocycles. The minimum atomic E-state index is 0.403. The molecule has 4 heteroatoms. The van der Waals surface area contributed by atoms with Gasteiger partial charge in [-0.1, -0.05) is 13.8 Å². The van der Waals surface area contributed by atoms with Gasteiger partial charge in [0.25, 0.3) is 0 Å². The van der Waals surface area contributed by atoms with Gasteiger partial charge < -0.3 is 15.4 Å². The Morgan fingerprint density at radius 2 is 2.27 bits per heavy atom. The van der Waals surface area contributed by atoms with Gasteiger partial charge in [0.1, 0.15) is 0 Å². The van der Waals surface area contributed by atoms with E-state index in [1.807, 2.05) is 0 Å². The van der Waals surface area contributed by atoms with Gasteiger partial charge in [-0.2, -0.15) is 0 Å². The van der Waals surface area contributed by atoms with Gasteiger partial charge in [0, 0.05) is 19.1 Å². The fourth-order valence-corrected chi connectivity index (χ4v) is 2.10. The fraction of sp³-hybridized carbons (Fsp3) is 0.909. The number of aliphatic imine (C=N–C) groups is 1. The Labute approximate surface area is 92.5 Å². The van der Waals surface area contributed by atoms with Crippen molar-refractivity contribution < 1.29 is 4.74 Å². The molecule has 1 heterocycles. The topological polar surface area (TPSA) is 50.8 Å². The van der Waals surface area contributed by atoms with E-state index in [4.69, 9.17) is 10.5 Å². The zero-order valence-electron chi connectivity index (χ0n) is 10.2. The molecule has 15 heavy (non-hydrogen) atoms. The summed E-state index contributed by atoms with van der Waals surface area (Å²) in [6.45, 7) is 8.13. The molecule has 0 spiro atoms. The highest BCUT2D eigenvalue weighted by molar-refractivity contribution is 5.80. The molecule has 0 aromatic rings. The van der Waals surface area contributed by atoms with E-state index in [1.54, 1.807) is 7.11 Å². The quantitative estimate of drug-likeness (QED) is 0.743. The molecule has 0 bridgehead atoms. The fourth-order valence-electron chi connectivity index (χ4n) is 2.10. The molecule has 1 aliphatic rings. The van der Waals surface area contributed by atoms with Gasteiger partial charge in [0.15, 0.2) is 5.96 Å². The lowest BCUT2D eigenvalue weighted by molar-refractivity contribution is 0.109. The van der Waals surface area contributed by atoms with Crippen molar-refractivity contribution in [2.24, 2.45) is 16.6 Å². The first-order valence-electron chi connectivity index (χ1n) is 5.69. The lowest BCUT2D eigenvalue weighted by Crippen LogP contribution is -2.49. The van der Waals surface area contributed by atoms with E-state index in [0.717, 1.165) is 19.6 Å². The molecule has 1 rings (SSSR count). The summed E-state index contributed by atoms with van der Waals surface area (Å²) in [5.41, 5.74) is 5.91. The molecular formula is C11H23N3O. The minimum absolute atomic E-state index is 0.403. The van der Waals surface area contributed by atoms with Crippen molar-refractivity contribution in [3.05, 3.63) is 0 Å². The molecule has 3 atom stereocenters. The molecule has 4 nitrogen and oxygen atoms in total. The maximum atomic E-state index is 5.91. The second-order valence-electron chi connectivity index (χ2n) is 4.36. The van der Waals surface area contributed by atoms with Crippen LogP contribution in [0, 0.1) is 5.92 Å². The predicted octanol–water partition coefficient (Wildman–Crippen LogP) is 1.07. The third-order valence-corrected chi connectivity index (χ3v) is 3.21. The molecule has 0 aromatic heterocycles. The Balaban J connectivity index is 2.66. The summed E-state index contributed by atoms with van der Waals surface area (Å²) in [7, 11) is 1.74. The molecule has 0 fully saturated rings. The van der Waals surface area contributed by atoms with Crippen LogP contribution in [0.4, 0.5) is 0 Å². The van der Waals surface area contributed by atoms with Crippen LogP contribution < -0.4 is 5.73 Å². The van der Waals surface area contributed by atoms with Crippen LogP contribution in [-0.4, -0.2) is 43.2 Å². The van der Waals surface area contributed by atoms with E-state index in [1.165, 1.54) is 0 Å². The second kappa shape index (κ2) is 5.35. The van der Waals surface area contributed by atoms with Gasteiger partial charge in [0.05, 0.1) is 19.2 Å². The van der Waals surface area contributed by atoms with Crippen LogP contribution in [-0.2, 0) is 4.74 Å². The predicted molar refractivity (Wildman–Crippen MR) is 62.9 cm³/mol. The van der Waals surface area contributed by atoms with Crippen molar-refractivity contribution in [2.75, 3.05) is 20.3 Å². The first kappa shape index (κ1) is 12.3. The van der Waals surface area contributed by atoms with Gasteiger partial charge in [0.2, 0.25) is 0 Å². The molecule has 2 N–H and O–H groups in total. The van der Waals surface area contributed by atoms with Crippen molar-refractivity contribution >= 4 is 5.96 Å². The van der Waals surface area contributed by atoms with E-state index in [0.29, 0.717) is 24.0 Å². The van der Waals surface area contributed by atoms with Gasteiger partial charge in [-0.25, -0.2) is 0 Å². The van der Waals surface area contributed by atoms with Gasteiger partial charge in [-0.15, -0.1) is 0 Å². The van der Waals surface area contributed by atoms with Crippen LogP contribution in [0.3, 0.4) is 0 Å². The van der Waals surface area contributed by atoms with Crippen molar-refractivity contribution in [2.45, 2.75) is 39.3 Å². The molecule has 0 amide bonds. The molecule has 0 aromatic carbocycles. The number of hydrogen-bond acceptors (Lipinski definition) is 4. The molecule has 88 valence electrons. The van der Waals surface area contributed by atoms with E-state index >= 15 is 0 Å². The molecule has 0 radical (unpaired) electrons. The van der Waals surface area contributed by atoms with E-state index in [2.05, 4.69) is 30.7 Å². The Hall–Kier alpha value is -0.770. The third kappa shape index (κ3) is 2.62. The maximum Gasteiger partial charge on any atom is 0.191 e. The van der Waals surface area contributed by atoms with E-state index < -0.39 is 0 Å². The number of guanidine groups is 1. The first-order valence-corrected chi connectivity index (χ1v) is 5.69. The van der Waals surface area contributed by atoms with Crippen LogP contribution in [0.2, 0.25) is 0 Å². The SMILES string of the molecule is CCC(C)N1C(N)=NCC1C(C)COC. The number of ether oxygens (including phenoxy) is 1. The number of nitrogens with zero attached hydrogens (tertiary/aromatic N) is 2. The van der Waals surface area contributed by atoms with Crippen LogP contribution in [0.25, 0.3) is 0 Å². The molecule has 1 aliphatic heterocycles. The normalized spacial score (nSPS) is 25.2. The highest BCUT2D eigenvalue weighted by Gasteiger charge is 2.32. The Bertz CT molecular complexity index is 230. The third-order valence-electron chi connectivity index (χ3n) is 3.21. The summed E-state index contributed by atoms with van der Waals surface area (Å²) < 4.78 is 5.19. The smallest absolute Gasteiger partial charge is 0.191 e. The number of hydrogen-bond donors (Lipinski definition) is 1. The van der Waals surface area contributed by atoms with Crippen molar-refractivity contribution in [3.8, 4) is 0 Å². The van der Waals surface area contributed by atoms with E-state index in [-0.39, 0.29) is 0 Å². The van der Waals surface area contributed by atoms with Crippen molar-refractivity contribution in [1.82, 2.24) is 4.90 Å². The highest BCUT2D eigenvalue weighted by Crippen LogP contribution is 2.21. The van der Waals surface area contributed by atoms with Crippen LogP contribution in [0.15, 0.2) is 4.99 Å². The summed E-state index contributed by atoms with van der Waals surface area (Å²) in [6, 6.07) is 0.862. The Kier molecular flexibility index (Phi) is 4.39. The number of rotatable bonds is 5. The van der Waals surface area contributed by atoms with Crippen LogP contribution >= 0.6 is 0 Å². The summed E-state index contributed by atoms with van der Waals surface area (Å²) in [4.78, 5) is 6.58. The highest BCUT2D eigenvalue weighted by atomic mass is 16.5. The lowest BCUT2D eigenvalue weighted by Gasteiger charge is -2.34. The average molecular weight is 213 g/mol. The van der Waals surface area contributed by atoms with Gasteiger partial charge >= 0.3 is 0 Å². The maximum absolute atomic E-state index is 5.91. The Morgan fingerprint density at radius 1 is 1.60 bits per heavy atom. The zero-order chi connectivity index (χ0) is 11.4. The van der Waals surface area contributed by atoms with Crippen molar-refractivity contribution in [3.63, 3.8) is 0 Å².